The van der Waals surface area contributed by atoms with E-state index in [1.54, 1.807) is 0 Å². The monoisotopic (exact) mass is 215 g/mol. The minimum atomic E-state index is 0. The second-order valence-electron chi connectivity index (χ2n) is 1.08. The van der Waals surface area contributed by atoms with Crippen LogP contribution in [0.1, 0.15) is 0 Å². The molecule has 1 aromatic carbocycles. The van der Waals surface area contributed by atoms with Gasteiger partial charge in [0.1, 0.15) is 0 Å². The van der Waals surface area contributed by atoms with Gasteiger partial charge in [-0.25, -0.2) is 0 Å². The average Bonchev–Trinajstić information content (AvgIpc) is 1.72. The number of hydrogen-bond donors (Lipinski definition) is 0. The first kappa shape index (κ1) is 11.0. The van der Waals surface area contributed by atoms with Crippen molar-refractivity contribution in [2.75, 3.05) is 0 Å². The summed E-state index contributed by atoms with van der Waals surface area (Å²) < 4.78 is 0. The van der Waals surface area contributed by atoms with Crippen LogP contribution in [0.2, 0.25) is 0 Å². The van der Waals surface area contributed by atoms with Crippen molar-refractivity contribution in [2.45, 2.75) is 0 Å². The van der Waals surface area contributed by atoms with Crippen LogP contribution >= 0.6 is 12.4 Å². The van der Waals surface area contributed by atoms with E-state index in [2.05, 4.69) is 6.07 Å². The van der Waals surface area contributed by atoms with Gasteiger partial charge in [0.05, 0.1) is 0 Å². The molecule has 45 valence electrons. The first-order valence-corrected chi connectivity index (χ1v) is 1.91. The molecule has 0 saturated heterocycles. The molecule has 0 saturated carbocycles. The van der Waals surface area contributed by atoms with E-state index in [1.165, 1.54) is 0 Å². The van der Waals surface area contributed by atoms with Crippen molar-refractivity contribution < 1.29 is 19.5 Å². The Morgan fingerprint density at radius 2 is 1.38 bits per heavy atom. The quantitative estimate of drug-likeness (QED) is 0.457. The molecule has 0 aromatic heterocycles. The van der Waals surface area contributed by atoms with Crippen molar-refractivity contribution in [1.82, 2.24) is 0 Å². The Labute approximate surface area is 68.5 Å². The van der Waals surface area contributed by atoms with Gasteiger partial charge in [0, 0.05) is 0 Å². The minimum Gasteiger partial charge on any atom is -0.184 e. The predicted molar refractivity (Wildman–Crippen MR) is 32.5 cm³/mol. The summed E-state index contributed by atoms with van der Waals surface area (Å²) in [5.74, 6) is 0. The summed E-state index contributed by atoms with van der Waals surface area (Å²) in [6.07, 6.45) is 0. The van der Waals surface area contributed by atoms with Gasteiger partial charge in [0.2, 0.25) is 0 Å². The van der Waals surface area contributed by atoms with Gasteiger partial charge < -0.3 is 0 Å². The Kier molecular flexibility index (Phi) is 9.81. The molecule has 0 aliphatic heterocycles. The molecule has 0 heterocycles. The maximum atomic E-state index is 2.89. The van der Waals surface area contributed by atoms with Crippen molar-refractivity contribution in [3.63, 3.8) is 0 Å². The summed E-state index contributed by atoms with van der Waals surface area (Å²) >= 11 is 0. The van der Waals surface area contributed by atoms with Crippen LogP contribution in [0.3, 0.4) is 0 Å². The number of rotatable bonds is 0. The average molecular weight is 215 g/mol. The van der Waals surface area contributed by atoms with E-state index in [0.29, 0.717) is 0 Å². The zero-order valence-corrected chi connectivity index (χ0v) is 6.70. The molecule has 1 aromatic rings. The third-order valence-electron chi connectivity index (χ3n) is 0.607. The molecular weight excluding hydrogens is 209 g/mol. The molecule has 1 radical (unpaired) electrons. The topological polar surface area (TPSA) is 0 Å². The number of hydrogen-bond acceptors (Lipinski definition) is 0. The van der Waals surface area contributed by atoms with Gasteiger partial charge in [-0.1, -0.05) is 0 Å². The van der Waals surface area contributed by atoms with Crippen LogP contribution in [0.15, 0.2) is 30.3 Å². The smallest absolute Gasteiger partial charge is 0.184 e. The third-order valence-corrected chi connectivity index (χ3v) is 0.607. The third kappa shape index (κ3) is 4.30. The van der Waals surface area contributed by atoms with Gasteiger partial charge in [0.15, 0.2) is 0 Å². The maximum Gasteiger partial charge on any atom is 1.00 e. The van der Waals surface area contributed by atoms with Crippen LogP contribution in [-0.4, -0.2) is 0 Å². The van der Waals surface area contributed by atoms with Crippen molar-refractivity contribution in [3.8, 4) is 0 Å². The largest absolute Gasteiger partial charge is 1.00 e. The molecule has 0 spiro atoms. The van der Waals surface area contributed by atoms with Crippen LogP contribution in [0.4, 0.5) is 0 Å². The molecule has 0 unspecified atom stereocenters. The van der Waals surface area contributed by atoms with Crippen LogP contribution < -0.4 is 0 Å². The fraction of sp³-hybridized carbons (Fsp3) is 0. The summed E-state index contributed by atoms with van der Waals surface area (Å²) in [5, 5.41) is 0. The van der Waals surface area contributed by atoms with Crippen LogP contribution in [0.25, 0.3) is 0 Å². The maximum absolute atomic E-state index is 2.89. The molecular formula is C6H6ClRu. The molecule has 0 atom stereocenters. The van der Waals surface area contributed by atoms with Crippen molar-refractivity contribution >= 4 is 12.4 Å². The van der Waals surface area contributed by atoms with Gasteiger partial charge >= 0.3 is 19.5 Å². The van der Waals surface area contributed by atoms with Gasteiger partial charge in [-0.3, -0.25) is 0 Å². The van der Waals surface area contributed by atoms with Crippen molar-refractivity contribution in [2.24, 2.45) is 0 Å². The predicted octanol–water partition coefficient (Wildman–Crippen LogP) is 1.91. The Balaban J connectivity index is 0. The SMILES string of the molecule is Cl.[Ru+].[c-]1ccccc1. The Hall–Kier alpha value is 0.133. The van der Waals surface area contributed by atoms with E-state index in [-0.39, 0.29) is 31.9 Å². The van der Waals surface area contributed by atoms with E-state index in [0.717, 1.165) is 0 Å². The van der Waals surface area contributed by atoms with E-state index >= 15 is 0 Å². The fourth-order valence-corrected chi connectivity index (χ4v) is 0.342. The molecule has 0 amide bonds. The molecule has 0 fully saturated rings. The molecule has 0 aliphatic rings. The number of benzene rings is 1. The van der Waals surface area contributed by atoms with E-state index in [1.807, 2.05) is 30.3 Å². The van der Waals surface area contributed by atoms with E-state index in [4.69, 9.17) is 0 Å². The Bertz CT molecular complexity index is 80.5. The van der Waals surface area contributed by atoms with Crippen LogP contribution in [0, 0.1) is 6.07 Å². The summed E-state index contributed by atoms with van der Waals surface area (Å²) in [7, 11) is 0. The van der Waals surface area contributed by atoms with Gasteiger partial charge in [0.25, 0.3) is 0 Å². The van der Waals surface area contributed by atoms with E-state index in [9.17, 15) is 0 Å². The van der Waals surface area contributed by atoms with Gasteiger partial charge in [-0.15, -0.1) is 12.4 Å². The van der Waals surface area contributed by atoms with Gasteiger partial charge in [-0.05, 0) is 0 Å². The zero-order valence-electron chi connectivity index (χ0n) is 4.15. The first-order valence-electron chi connectivity index (χ1n) is 1.91. The summed E-state index contributed by atoms with van der Waals surface area (Å²) in [4.78, 5) is 0. The molecule has 2 heteroatoms. The second-order valence-corrected chi connectivity index (χ2v) is 1.08. The zero-order chi connectivity index (χ0) is 4.24. The Morgan fingerprint density at radius 1 is 0.875 bits per heavy atom. The normalized spacial score (nSPS) is 6.00. The van der Waals surface area contributed by atoms with Crippen molar-refractivity contribution in [3.05, 3.63) is 36.4 Å². The minimum absolute atomic E-state index is 0. The number of halogens is 1. The summed E-state index contributed by atoms with van der Waals surface area (Å²) in [6.45, 7) is 0. The molecule has 0 bridgehead atoms. The second kappa shape index (κ2) is 7.13. The van der Waals surface area contributed by atoms with Crippen LogP contribution in [0.5, 0.6) is 0 Å². The molecule has 0 nitrogen and oxygen atoms in total. The van der Waals surface area contributed by atoms with E-state index < -0.39 is 0 Å². The summed E-state index contributed by atoms with van der Waals surface area (Å²) in [6, 6.07) is 12.5. The first-order chi connectivity index (χ1) is 3.00. The Morgan fingerprint density at radius 3 is 1.50 bits per heavy atom. The molecule has 0 N–H and O–H groups in total. The fourth-order valence-electron chi connectivity index (χ4n) is 0.342. The summed E-state index contributed by atoms with van der Waals surface area (Å²) in [5.41, 5.74) is 0. The molecule has 1 rings (SSSR count). The van der Waals surface area contributed by atoms with Crippen LogP contribution in [-0.2, 0) is 19.5 Å². The standard InChI is InChI=1S/C6H5.ClH.Ru/c1-2-4-6-5-3-1;;/h1-5H;1H;/q-1;;+1. The van der Waals surface area contributed by atoms with Gasteiger partial charge in [-0.2, -0.15) is 36.4 Å². The molecule has 8 heavy (non-hydrogen) atoms. The molecule has 0 aliphatic carbocycles. The van der Waals surface area contributed by atoms with Crippen molar-refractivity contribution in [1.29, 1.82) is 0 Å².